The van der Waals surface area contributed by atoms with Crippen molar-refractivity contribution < 1.29 is 13.2 Å². The molecule has 0 saturated carbocycles. The number of carbonyl (C=O) groups is 1. The van der Waals surface area contributed by atoms with Crippen LogP contribution in [-0.2, 0) is 16.4 Å². The van der Waals surface area contributed by atoms with E-state index in [-0.39, 0.29) is 4.90 Å². The van der Waals surface area contributed by atoms with Crippen molar-refractivity contribution in [3.8, 4) is 0 Å². The summed E-state index contributed by atoms with van der Waals surface area (Å²) in [7, 11) is -3.92. The molecule has 0 radical (unpaired) electrons. The van der Waals surface area contributed by atoms with Crippen LogP contribution in [0.1, 0.15) is 28.5 Å². The Balaban J connectivity index is 1.91. The Labute approximate surface area is 154 Å². The Morgan fingerprint density at radius 2 is 1.84 bits per heavy atom. The van der Waals surface area contributed by atoms with Crippen molar-refractivity contribution in [3.63, 3.8) is 0 Å². The van der Waals surface area contributed by atoms with Crippen LogP contribution in [0, 0.1) is 6.92 Å². The first kappa shape index (κ1) is 17.7. The fraction of sp³-hybridized carbons (Fsp3) is 0.167. The zero-order chi connectivity index (χ0) is 18.2. The van der Waals surface area contributed by atoms with E-state index in [1.165, 1.54) is 12.1 Å². The fourth-order valence-corrected chi connectivity index (χ4v) is 3.97. The Bertz CT molecular complexity index is 1050. The predicted octanol–water partition coefficient (Wildman–Crippen LogP) is 3.92. The molecule has 0 aliphatic heterocycles. The van der Waals surface area contributed by atoms with E-state index in [4.69, 9.17) is 0 Å². The number of H-pyrrole nitrogens is 1. The molecule has 0 aliphatic rings. The van der Waals surface area contributed by atoms with E-state index >= 15 is 0 Å². The normalized spacial score (nSPS) is 11.6. The van der Waals surface area contributed by atoms with Gasteiger partial charge in [0.15, 0.2) is 0 Å². The smallest absolute Gasteiger partial charge is 0.265 e. The summed E-state index contributed by atoms with van der Waals surface area (Å²) >= 11 is 3.25. The molecule has 3 aromatic rings. The number of halogens is 1. The van der Waals surface area contributed by atoms with E-state index in [9.17, 15) is 13.2 Å². The average molecular weight is 421 g/mol. The third-order valence-corrected chi connectivity index (χ3v) is 6.00. The number of amides is 1. The SMILES string of the molecule is CCc1[nH]c2ccc(C(=O)NS(=O)(=O)c3ccc(Br)cc3)cc2c1C. The van der Waals surface area contributed by atoms with Crippen LogP contribution in [0.5, 0.6) is 0 Å². The number of aromatic amines is 1. The fourth-order valence-electron chi connectivity index (χ4n) is 2.73. The Morgan fingerprint density at radius 1 is 1.16 bits per heavy atom. The Morgan fingerprint density at radius 3 is 2.48 bits per heavy atom. The molecule has 0 atom stereocenters. The van der Waals surface area contributed by atoms with E-state index in [0.717, 1.165) is 33.1 Å². The minimum atomic E-state index is -3.92. The number of carbonyl (C=O) groups excluding carboxylic acids is 1. The van der Waals surface area contributed by atoms with Crippen molar-refractivity contribution in [2.75, 3.05) is 0 Å². The Hall–Kier alpha value is -2.12. The summed E-state index contributed by atoms with van der Waals surface area (Å²) in [6.07, 6.45) is 0.861. The molecule has 0 fully saturated rings. The molecule has 1 amide bonds. The van der Waals surface area contributed by atoms with Gasteiger partial charge in [-0.15, -0.1) is 0 Å². The molecule has 1 aromatic heterocycles. The average Bonchev–Trinajstić information content (AvgIpc) is 2.90. The van der Waals surface area contributed by atoms with Crippen LogP contribution in [0.4, 0.5) is 0 Å². The maximum Gasteiger partial charge on any atom is 0.265 e. The van der Waals surface area contributed by atoms with Gasteiger partial charge in [-0.25, -0.2) is 13.1 Å². The Kier molecular flexibility index (Phi) is 4.71. The highest BCUT2D eigenvalue weighted by atomic mass is 79.9. The highest BCUT2D eigenvalue weighted by molar-refractivity contribution is 9.10. The van der Waals surface area contributed by atoms with Gasteiger partial charge in [0, 0.05) is 26.6 Å². The summed E-state index contributed by atoms with van der Waals surface area (Å²) in [6, 6.07) is 11.2. The van der Waals surface area contributed by atoms with Crippen molar-refractivity contribution in [3.05, 3.63) is 63.8 Å². The van der Waals surface area contributed by atoms with Gasteiger partial charge >= 0.3 is 0 Å². The van der Waals surface area contributed by atoms with E-state index in [1.807, 2.05) is 6.92 Å². The van der Waals surface area contributed by atoms with E-state index in [0.29, 0.717) is 5.56 Å². The number of nitrogens with one attached hydrogen (secondary N) is 2. The second-order valence-corrected chi connectivity index (χ2v) is 8.33. The van der Waals surface area contributed by atoms with Crippen LogP contribution in [0.3, 0.4) is 0 Å². The molecule has 2 N–H and O–H groups in total. The second kappa shape index (κ2) is 6.65. The highest BCUT2D eigenvalue weighted by Crippen LogP contribution is 2.23. The van der Waals surface area contributed by atoms with Crippen molar-refractivity contribution >= 4 is 42.8 Å². The van der Waals surface area contributed by atoms with Gasteiger partial charge in [0.25, 0.3) is 15.9 Å². The van der Waals surface area contributed by atoms with Crippen LogP contribution in [0.2, 0.25) is 0 Å². The van der Waals surface area contributed by atoms with Crippen LogP contribution in [0.15, 0.2) is 51.8 Å². The lowest BCUT2D eigenvalue weighted by molar-refractivity contribution is 0.0981. The molecule has 0 spiro atoms. The maximum atomic E-state index is 12.4. The number of rotatable bonds is 4. The lowest BCUT2D eigenvalue weighted by Gasteiger charge is -2.07. The van der Waals surface area contributed by atoms with Gasteiger partial charge in [0.05, 0.1) is 4.90 Å². The summed E-state index contributed by atoms with van der Waals surface area (Å²) in [5.41, 5.74) is 3.41. The van der Waals surface area contributed by atoms with Gasteiger partial charge < -0.3 is 4.98 Å². The molecule has 0 aliphatic carbocycles. The highest BCUT2D eigenvalue weighted by Gasteiger charge is 2.19. The third-order valence-electron chi connectivity index (χ3n) is 4.13. The molecule has 3 rings (SSSR count). The zero-order valence-corrected chi connectivity index (χ0v) is 16.2. The number of fused-ring (bicyclic) bond motifs is 1. The van der Waals surface area contributed by atoms with Gasteiger partial charge in [-0.1, -0.05) is 22.9 Å². The lowest BCUT2D eigenvalue weighted by atomic mass is 10.1. The van der Waals surface area contributed by atoms with Crippen LogP contribution < -0.4 is 4.72 Å². The van der Waals surface area contributed by atoms with E-state index in [2.05, 4.69) is 32.6 Å². The number of aryl methyl sites for hydroxylation is 2. The third kappa shape index (κ3) is 3.48. The molecular weight excluding hydrogens is 404 g/mol. The first-order chi connectivity index (χ1) is 11.8. The molecular formula is C18H17BrN2O3S. The van der Waals surface area contributed by atoms with Gasteiger partial charge in [-0.2, -0.15) is 0 Å². The van der Waals surface area contributed by atoms with Crippen LogP contribution in [-0.4, -0.2) is 19.3 Å². The topological polar surface area (TPSA) is 79.0 Å². The quantitative estimate of drug-likeness (QED) is 0.670. The molecule has 2 aromatic carbocycles. The monoisotopic (exact) mass is 420 g/mol. The number of aromatic nitrogens is 1. The molecule has 0 unspecified atom stereocenters. The van der Waals surface area contributed by atoms with Gasteiger partial charge in [-0.05, 0) is 61.4 Å². The molecule has 5 nitrogen and oxygen atoms in total. The second-order valence-electron chi connectivity index (χ2n) is 5.73. The van der Waals surface area contributed by atoms with Crippen molar-refractivity contribution in [1.82, 2.24) is 9.71 Å². The van der Waals surface area contributed by atoms with Crippen molar-refractivity contribution in [2.45, 2.75) is 25.2 Å². The number of hydrogen-bond donors (Lipinski definition) is 2. The summed E-state index contributed by atoms with van der Waals surface area (Å²) in [5, 5.41) is 0.922. The van der Waals surface area contributed by atoms with Gasteiger partial charge in [0.2, 0.25) is 0 Å². The van der Waals surface area contributed by atoms with Crippen LogP contribution in [0.25, 0.3) is 10.9 Å². The standard InChI is InChI=1S/C18H17BrN2O3S/c1-3-16-11(2)15-10-12(4-9-17(15)20-16)18(22)21-25(23,24)14-7-5-13(19)6-8-14/h4-10,20H,3H2,1-2H3,(H,21,22). The van der Waals surface area contributed by atoms with Crippen molar-refractivity contribution in [2.24, 2.45) is 0 Å². The van der Waals surface area contributed by atoms with Gasteiger partial charge in [0.1, 0.15) is 0 Å². The minimum absolute atomic E-state index is 0.0382. The molecule has 0 saturated heterocycles. The lowest BCUT2D eigenvalue weighted by Crippen LogP contribution is -2.30. The summed E-state index contributed by atoms with van der Waals surface area (Å²) < 4.78 is 27.6. The van der Waals surface area contributed by atoms with E-state index < -0.39 is 15.9 Å². The zero-order valence-electron chi connectivity index (χ0n) is 13.8. The van der Waals surface area contributed by atoms with Gasteiger partial charge in [-0.3, -0.25) is 4.79 Å². The number of benzene rings is 2. The maximum absolute atomic E-state index is 12.4. The summed E-state index contributed by atoms with van der Waals surface area (Å²) in [6.45, 7) is 4.04. The number of sulfonamides is 1. The molecule has 7 heteroatoms. The first-order valence-corrected chi connectivity index (χ1v) is 10.0. The summed E-state index contributed by atoms with van der Waals surface area (Å²) in [5.74, 6) is -0.650. The predicted molar refractivity (Wildman–Crippen MR) is 101 cm³/mol. The first-order valence-electron chi connectivity index (χ1n) is 7.75. The van der Waals surface area contributed by atoms with Crippen molar-refractivity contribution in [1.29, 1.82) is 0 Å². The summed E-state index contributed by atoms with van der Waals surface area (Å²) in [4.78, 5) is 15.8. The molecule has 130 valence electrons. The largest absolute Gasteiger partial charge is 0.358 e. The molecule has 1 heterocycles. The molecule has 0 bridgehead atoms. The van der Waals surface area contributed by atoms with Crippen LogP contribution >= 0.6 is 15.9 Å². The minimum Gasteiger partial charge on any atom is -0.358 e. The molecule has 25 heavy (non-hydrogen) atoms. The number of hydrogen-bond acceptors (Lipinski definition) is 3. The van der Waals surface area contributed by atoms with E-state index in [1.54, 1.807) is 30.3 Å².